The molecule has 5 aliphatic rings. The first-order valence-corrected chi connectivity index (χ1v) is 10.8. The largest absolute Gasteiger partial charge is 0.381 e. The van der Waals surface area contributed by atoms with E-state index in [0.29, 0.717) is 23.7 Å². The fraction of sp³-hybridized carbons (Fsp3) is 0.905. The van der Waals surface area contributed by atoms with Gasteiger partial charge in [0.15, 0.2) is 0 Å². The van der Waals surface area contributed by atoms with E-state index in [9.17, 15) is 9.59 Å². The lowest BCUT2D eigenvalue weighted by molar-refractivity contribution is -0.140. The van der Waals surface area contributed by atoms with Gasteiger partial charge in [0.1, 0.15) is 0 Å². The van der Waals surface area contributed by atoms with Gasteiger partial charge in [0.2, 0.25) is 11.8 Å². The number of piperidine rings is 1. The van der Waals surface area contributed by atoms with Gasteiger partial charge in [-0.2, -0.15) is 0 Å². The smallest absolute Gasteiger partial charge is 0.228 e. The van der Waals surface area contributed by atoms with Crippen molar-refractivity contribution in [3.05, 3.63) is 0 Å². The third kappa shape index (κ3) is 2.59. The summed E-state index contributed by atoms with van der Waals surface area (Å²) in [5.74, 6) is 2.41. The van der Waals surface area contributed by atoms with E-state index in [2.05, 4.69) is 29.0 Å². The van der Waals surface area contributed by atoms with Crippen molar-refractivity contribution >= 4 is 11.8 Å². The fourth-order valence-electron chi connectivity index (χ4n) is 6.77. The normalized spacial score (nSPS) is 40.2. The number of amides is 2. The van der Waals surface area contributed by atoms with Crippen LogP contribution in [0, 0.1) is 34.5 Å². The second-order valence-electron chi connectivity index (χ2n) is 10.1. The maximum Gasteiger partial charge on any atom is 0.228 e. The van der Waals surface area contributed by atoms with Gasteiger partial charge >= 0.3 is 0 Å². The van der Waals surface area contributed by atoms with Gasteiger partial charge in [0.25, 0.3) is 0 Å². The molecule has 5 rings (SSSR count). The summed E-state index contributed by atoms with van der Waals surface area (Å²) in [7, 11) is 0. The molecule has 4 heterocycles. The van der Waals surface area contributed by atoms with Gasteiger partial charge in [0, 0.05) is 50.6 Å². The number of nitrogens with zero attached hydrogens (tertiary/aromatic N) is 2. The third-order valence-electron chi connectivity index (χ3n) is 8.20. The number of fused-ring (bicyclic) bond motifs is 2. The van der Waals surface area contributed by atoms with Crippen LogP contribution in [0.5, 0.6) is 0 Å². The Morgan fingerprint density at radius 1 is 1.19 bits per heavy atom. The molecule has 1 saturated carbocycles. The molecular formula is C21H33N3O3. The second kappa shape index (κ2) is 6.18. The molecule has 27 heavy (non-hydrogen) atoms. The summed E-state index contributed by atoms with van der Waals surface area (Å²) in [6, 6.07) is 0. The van der Waals surface area contributed by atoms with Crippen molar-refractivity contribution in [1.29, 1.82) is 0 Å². The number of rotatable bonds is 3. The highest BCUT2D eigenvalue weighted by atomic mass is 16.5. The first kappa shape index (κ1) is 17.9. The van der Waals surface area contributed by atoms with Crippen LogP contribution >= 0.6 is 0 Å². The molecular weight excluding hydrogens is 342 g/mol. The van der Waals surface area contributed by atoms with Crippen LogP contribution < -0.4 is 5.32 Å². The van der Waals surface area contributed by atoms with Crippen molar-refractivity contribution in [2.24, 2.45) is 34.5 Å². The average molecular weight is 376 g/mol. The van der Waals surface area contributed by atoms with E-state index >= 15 is 0 Å². The Labute approximate surface area is 162 Å². The van der Waals surface area contributed by atoms with Gasteiger partial charge in [0.05, 0.1) is 18.6 Å². The van der Waals surface area contributed by atoms with E-state index in [0.717, 1.165) is 71.7 Å². The summed E-state index contributed by atoms with van der Waals surface area (Å²) in [5.41, 5.74) is -0.192. The van der Waals surface area contributed by atoms with E-state index in [1.54, 1.807) is 0 Å². The maximum absolute atomic E-state index is 12.9. The quantitative estimate of drug-likeness (QED) is 0.798. The van der Waals surface area contributed by atoms with Crippen LogP contribution in [0.15, 0.2) is 0 Å². The lowest BCUT2D eigenvalue weighted by Gasteiger charge is -2.46. The Bertz CT molecular complexity index is 633. The second-order valence-corrected chi connectivity index (χ2v) is 10.1. The first-order chi connectivity index (χ1) is 13.0. The highest BCUT2D eigenvalue weighted by Gasteiger charge is 2.64. The molecule has 2 unspecified atom stereocenters. The first-order valence-electron chi connectivity index (χ1n) is 10.8. The number of carbonyl (C=O) groups is 2. The number of likely N-dealkylation sites (tertiary alicyclic amines) is 2. The minimum Gasteiger partial charge on any atom is -0.381 e. The predicted octanol–water partition coefficient (Wildman–Crippen LogP) is 0.966. The summed E-state index contributed by atoms with van der Waals surface area (Å²) in [5, 5.41) is 3.13. The Hall–Kier alpha value is -1.14. The Kier molecular flexibility index (Phi) is 4.10. The van der Waals surface area contributed by atoms with Crippen molar-refractivity contribution in [3.63, 3.8) is 0 Å². The van der Waals surface area contributed by atoms with Gasteiger partial charge in [-0.25, -0.2) is 0 Å². The molecule has 0 aromatic rings. The average Bonchev–Trinajstić information content (AvgIpc) is 2.95. The molecule has 0 bridgehead atoms. The van der Waals surface area contributed by atoms with Crippen molar-refractivity contribution < 1.29 is 14.3 Å². The molecule has 1 N–H and O–H groups in total. The van der Waals surface area contributed by atoms with E-state index in [1.165, 1.54) is 0 Å². The minimum atomic E-state index is -0.235. The van der Waals surface area contributed by atoms with Gasteiger partial charge in [-0.3, -0.25) is 9.59 Å². The topological polar surface area (TPSA) is 61.9 Å². The molecule has 2 spiro atoms. The minimum absolute atomic E-state index is 0.0434. The summed E-state index contributed by atoms with van der Waals surface area (Å²) < 4.78 is 5.45. The van der Waals surface area contributed by atoms with Crippen LogP contribution in [-0.4, -0.2) is 74.1 Å². The number of hydrogen-bond donors (Lipinski definition) is 1. The van der Waals surface area contributed by atoms with E-state index in [1.807, 2.05) is 0 Å². The lowest BCUT2D eigenvalue weighted by atomic mass is 9.60. The van der Waals surface area contributed by atoms with Gasteiger partial charge in [-0.1, -0.05) is 13.8 Å². The number of hydrogen-bond acceptors (Lipinski definition) is 4. The lowest BCUT2D eigenvalue weighted by Crippen LogP contribution is -2.53. The predicted molar refractivity (Wildman–Crippen MR) is 101 cm³/mol. The van der Waals surface area contributed by atoms with Gasteiger partial charge in [-0.15, -0.1) is 0 Å². The zero-order valence-corrected chi connectivity index (χ0v) is 16.7. The van der Waals surface area contributed by atoms with E-state index < -0.39 is 0 Å². The summed E-state index contributed by atoms with van der Waals surface area (Å²) in [4.78, 5) is 30.5. The van der Waals surface area contributed by atoms with Crippen LogP contribution in [0.1, 0.15) is 33.1 Å². The Morgan fingerprint density at radius 3 is 2.48 bits per heavy atom. The zero-order valence-electron chi connectivity index (χ0n) is 16.7. The molecule has 0 aromatic carbocycles. The molecule has 4 atom stereocenters. The van der Waals surface area contributed by atoms with Crippen molar-refractivity contribution in [2.75, 3.05) is 52.5 Å². The standard InChI is InChI=1S/C21H33N3O3/c1-14(2)9-23-12-20(21(13-23)3-6-22-19(21)26)4-7-24(8-5-20)18(25)17-15-10-27-11-16(15)17/h14-17H,3-13H2,1-2H3,(H,22,26)/t15-,16+,17?,21?. The molecule has 6 heteroatoms. The highest BCUT2D eigenvalue weighted by Crippen LogP contribution is 2.57. The molecule has 150 valence electrons. The van der Waals surface area contributed by atoms with E-state index in [4.69, 9.17) is 4.74 Å². The Morgan fingerprint density at radius 2 is 1.89 bits per heavy atom. The van der Waals surface area contributed by atoms with Crippen LogP contribution in [0.3, 0.4) is 0 Å². The number of carbonyl (C=O) groups excluding carboxylic acids is 2. The van der Waals surface area contributed by atoms with E-state index in [-0.39, 0.29) is 22.7 Å². The van der Waals surface area contributed by atoms with Crippen LogP contribution in [0.2, 0.25) is 0 Å². The van der Waals surface area contributed by atoms with Crippen molar-refractivity contribution in [1.82, 2.24) is 15.1 Å². The molecule has 1 aliphatic carbocycles. The van der Waals surface area contributed by atoms with Crippen molar-refractivity contribution in [3.8, 4) is 0 Å². The molecule has 0 radical (unpaired) electrons. The molecule has 6 nitrogen and oxygen atoms in total. The third-order valence-corrected chi connectivity index (χ3v) is 8.20. The number of ether oxygens (including phenoxy) is 1. The molecule has 4 aliphatic heterocycles. The number of nitrogens with one attached hydrogen (secondary N) is 1. The summed E-state index contributed by atoms with van der Waals surface area (Å²) in [6.45, 7) is 11.5. The molecule has 0 aromatic heterocycles. The Balaban J connectivity index is 1.30. The van der Waals surface area contributed by atoms with Crippen molar-refractivity contribution in [2.45, 2.75) is 33.1 Å². The maximum atomic E-state index is 12.9. The monoisotopic (exact) mass is 375 g/mol. The summed E-state index contributed by atoms with van der Waals surface area (Å²) in [6.07, 6.45) is 2.90. The molecule has 4 saturated heterocycles. The molecule has 2 amide bonds. The van der Waals surface area contributed by atoms with Gasteiger partial charge < -0.3 is 19.9 Å². The van der Waals surface area contributed by atoms with Crippen LogP contribution in [-0.2, 0) is 14.3 Å². The highest BCUT2D eigenvalue weighted by molar-refractivity contribution is 5.87. The SMILES string of the molecule is CC(C)CN1CC2(CCN(C(=O)C3[C@H]4COC[C@@H]34)CC2)C2(CCNC2=O)C1. The van der Waals surface area contributed by atoms with Crippen LogP contribution in [0.4, 0.5) is 0 Å². The summed E-state index contributed by atoms with van der Waals surface area (Å²) >= 11 is 0. The zero-order chi connectivity index (χ0) is 18.8. The van der Waals surface area contributed by atoms with Crippen LogP contribution in [0.25, 0.3) is 0 Å². The van der Waals surface area contributed by atoms with Gasteiger partial charge in [-0.05, 0) is 37.0 Å². The fourth-order valence-corrected chi connectivity index (χ4v) is 6.77. The molecule has 5 fully saturated rings.